The molecule has 4 N–H and O–H groups in total. The molecule has 0 radical (unpaired) electrons. The van der Waals surface area contributed by atoms with Crippen LogP contribution in [-0.2, 0) is 19.0 Å². The van der Waals surface area contributed by atoms with Crippen LogP contribution in [-0.4, -0.2) is 112 Å². The van der Waals surface area contributed by atoms with Gasteiger partial charge in [-0.2, -0.15) is 0 Å². The van der Waals surface area contributed by atoms with Crippen molar-refractivity contribution in [1.29, 1.82) is 0 Å². The third kappa shape index (κ3) is 16.9. The number of carbonyl (C=O) groups is 3. The smallest absolute Gasteiger partial charge is 0.407 e. The van der Waals surface area contributed by atoms with Crippen LogP contribution in [0.5, 0.6) is 5.75 Å². The molecule has 4 unspecified atom stereocenters. The van der Waals surface area contributed by atoms with Crippen LogP contribution in [0.3, 0.4) is 0 Å². The van der Waals surface area contributed by atoms with E-state index in [0.717, 1.165) is 38.9 Å². The first kappa shape index (κ1) is 43.2. The summed E-state index contributed by atoms with van der Waals surface area (Å²) in [6.07, 6.45) is 1.64. The molecule has 1 fully saturated rings. The van der Waals surface area contributed by atoms with Crippen LogP contribution in [0.15, 0.2) is 24.3 Å². The van der Waals surface area contributed by atoms with Crippen molar-refractivity contribution in [2.45, 2.75) is 98.3 Å². The van der Waals surface area contributed by atoms with Crippen LogP contribution in [0, 0.1) is 23.7 Å². The van der Waals surface area contributed by atoms with E-state index in [1.165, 1.54) is 0 Å². The molecular formula is C38H66N4O8. The van der Waals surface area contributed by atoms with Gasteiger partial charge in [0.25, 0.3) is 5.91 Å². The molecule has 0 spiro atoms. The van der Waals surface area contributed by atoms with Gasteiger partial charge in [-0.15, -0.1) is 0 Å². The predicted molar refractivity (Wildman–Crippen MR) is 195 cm³/mol. The molecule has 0 aromatic heterocycles. The minimum Gasteiger partial charge on any atom is -0.493 e. The summed E-state index contributed by atoms with van der Waals surface area (Å²) in [5.41, 5.74) is -0.277. The molecule has 0 bridgehead atoms. The standard InChI is InChI=1S/C38H66N4O8/c1-27(2)29(26-40-35(44)30-14-10-11-15-34(30)49-21-13-9-12-20-47-8)24-32(41-37(46)50-38(5,6)7)33(43)25-31(28(3)4)36(45)39-16-17-42-18-22-48-23-19-42/h10-11,14-15,27-29,31-33,43H,9,12-13,16-26H2,1-8H3,(H,39,45)(H,40,44)(H,41,46). The minimum atomic E-state index is -1.03. The lowest BCUT2D eigenvalue weighted by molar-refractivity contribution is -0.127. The first-order valence-electron chi connectivity index (χ1n) is 18.5. The fourth-order valence-electron chi connectivity index (χ4n) is 5.89. The molecule has 1 heterocycles. The third-order valence-corrected chi connectivity index (χ3v) is 9.04. The number of hydrogen-bond donors (Lipinski definition) is 4. The SMILES string of the molecule is COCCCCCOc1ccccc1C(=O)NCC(CC(NC(=O)OC(C)(C)C)C(O)CC(C(=O)NCCN1CCOCC1)C(C)C)C(C)C. The maximum absolute atomic E-state index is 13.4. The van der Waals surface area contributed by atoms with Crippen molar-refractivity contribution in [3.63, 3.8) is 0 Å². The van der Waals surface area contributed by atoms with Gasteiger partial charge in [-0.3, -0.25) is 14.5 Å². The van der Waals surface area contributed by atoms with Gasteiger partial charge in [-0.1, -0.05) is 39.8 Å². The first-order chi connectivity index (χ1) is 23.7. The number of aliphatic hydroxyl groups is 1. The molecule has 12 heteroatoms. The highest BCUT2D eigenvalue weighted by atomic mass is 16.6. The molecule has 2 rings (SSSR count). The average molecular weight is 707 g/mol. The summed E-state index contributed by atoms with van der Waals surface area (Å²) in [5, 5.41) is 20.7. The predicted octanol–water partition coefficient (Wildman–Crippen LogP) is 4.64. The summed E-state index contributed by atoms with van der Waals surface area (Å²) in [7, 11) is 1.69. The lowest BCUT2D eigenvalue weighted by Gasteiger charge is -2.33. The van der Waals surface area contributed by atoms with Crippen molar-refractivity contribution < 1.29 is 38.4 Å². The van der Waals surface area contributed by atoms with Crippen LogP contribution >= 0.6 is 0 Å². The van der Waals surface area contributed by atoms with Crippen molar-refractivity contribution in [3.8, 4) is 5.75 Å². The van der Waals surface area contributed by atoms with Gasteiger partial charge in [0.1, 0.15) is 11.4 Å². The van der Waals surface area contributed by atoms with Crippen LogP contribution in [0.1, 0.15) is 90.9 Å². The van der Waals surface area contributed by atoms with Gasteiger partial charge >= 0.3 is 6.09 Å². The second-order valence-corrected chi connectivity index (χ2v) is 15.0. The summed E-state index contributed by atoms with van der Waals surface area (Å²) < 4.78 is 22.0. The number of nitrogens with zero attached hydrogens (tertiary/aromatic N) is 1. The Morgan fingerprint density at radius 1 is 0.940 bits per heavy atom. The fraction of sp³-hybridized carbons (Fsp3) is 0.763. The molecule has 1 aliphatic heterocycles. The topological polar surface area (TPSA) is 148 Å². The molecule has 4 atom stereocenters. The normalized spacial score (nSPS) is 16.4. The molecule has 1 aromatic carbocycles. The fourth-order valence-corrected chi connectivity index (χ4v) is 5.89. The Morgan fingerprint density at radius 2 is 1.62 bits per heavy atom. The maximum Gasteiger partial charge on any atom is 0.407 e. The van der Waals surface area contributed by atoms with Crippen molar-refractivity contribution >= 4 is 17.9 Å². The van der Waals surface area contributed by atoms with Gasteiger partial charge in [0.15, 0.2) is 0 Å². The lowest BCUT2D eigenvalue weighted by Crippen LogP contribution is -2.49. The number of aliphatic hydroxyl groups excluding tert-OH is 1. The van der Waals surface area contributed by atoms with Crippen LogP contribution in [0.25, 0.3) is 0 Å². The van der Waals surface area contributed by atoms with Gasteiger partial charge in [0.2, 0.25) is 5.91 Å². The van der Waals surface area contributed by atoms with Crippen molar-refractivity contribution in [3.05, 3.63) is 29.8 Å². The number of carbonyl (C=O) groups excluding carboxylic acids is 3. The summed E-state index contributed by atoms with van der Waals surface area (Å²) >= 11 is 0. The summed E-state index contributed by atoms with van der Waals surface area (Å²) in [4.78, 5) is 42.0. The molecule has 286 valence electrons. The van der Waals surface area contributed by atoms with E-state index in [0.29, 0.717) is 57.3 Å². The van der Waals surface area contributed by atoms with E-state index in [2.05, 4.69) is 20.9 Å². The Hall–Kier alpha value is -2.93. The summed E-state index contributed by atoms with van der Waals surface area (Å²) in [6.45, 7) is 19.2. The van der Waals surface area contributed by atoms with E-state index in [1.54, 1.807) is 46.1 Å². The van der Waals surface area contributed by atoms with E-state index < -0.39 is 29.8 Å². The quantitative estimate of drug-likeness (QED) is 0.127. The van der Waals surface area contributed by atoms with Gasteiger partial charge in [-0.25, -0.2) is 4.79 Å². The summed E-state index contributed by atoms with van der Waals surface area (Å²) in [6, 6.07) is 6.48. The average Bonchev–Trinajstić information content (AvgIpc) is 3.05. The Morgan fingerprint density at radius 3 is 2.26 bits per heavy atom. The zero-order chi connectivity index (χ0) is 37.1. The number of para-hydroxylation sites is 1. The number of rotatable bonds is 22. The number of hydrogen-bond acceptors (Lipinski definition) is 9. The molecular weight excluding hydrogens is 640 g/mol. The number of benzene rings is 1. The van der Waals surface area contributed by atoms with E-state index in [1.807, 2.05) is 33.8 Å². The Bertz CT molecular complexity index is 1140. The van der Waals surface area contributed by atoms with Gasteiger partial charge in [-0.05, 0) is 82.8 Å². The second-order valence-electron chi connectivity index (χ2n) is 15.0. The number of amides is 3. The highest BCUT2D eigenvalue weighted by molar-refractivity contribution is 5.96. The Balaban J connectivity index is 2.11. The zero-order valence-electron chi connectivity index (χ0n) is 31.9. The number of alkyl carbamates (subject to hydrolysis) is 1. The molecule has 50 heavy (non-hydrogen) atoms. The van der Waals surface area contributed by atoms with E-state index >= 15 is 0 Å². The van der Waals surface area contributed by atoms with Crippen LogP contribution < -0.4 is 20.7 Å². The number of morpholine rings is 1. The van der Waals surface area contributed by atoms with Crippen molar-refractivity contribution in [1.82, 2.24) is 20.9 Å². The Labute approximate surface area is 300 Å². The lowest BCUT2D eigenvalue weighted by atomic mass is 9.82. The number of unbranched alkanes of at least 4 members (excludes halogenated alkanes) is 2. The van der Waals surface area contributed by atoms with Gasteiger partial charge in [0, 0.05) is 52.4 Å². The molecule has 0 aliphatic carbocycles. The molecule has 0 saturated carbocycles. The van der Waals surface area contributed by atoms with Gasteiger partial charge in [0.05, 0.1) is 37.5 Å². The highest BCUT2D eigenvalue weighted by Crippen LogP contribution is 2.25. The van der Waals surface area contributed by atoms with E-state index in [-0.39, 0.29) is 36.0 Å². The van der Waals surface area contributed by atoms with Crippen molar-refractivity contribution in [2.24, 2.45) is 23.7 Å². The molecule has 1 saturated heterocycles. The molecule has 1 aromatic rings. The summed E-state index contributed by atoms with van der Waals surface area (Å²) in [5.74, 6) is -0.353. The molecule has 3 amide bonds. The molecule has 12 nitrogen and oxygen atoms in total. The zero-order valence-corrected chi connectivity index (χ0v) is 31.9. The molecule has 1 aliphatic rings. The Kier molecular flexibility index (Phi) is 19.7. The largest absolute Gasteiger partial charge is 0.493 e. The van der Waals surface area contributed by atoms with Gasteiger partial charge < -0.3 is 40.0 Å². The third-order valence-electron chi connectivity index (χ3n) is 9.04. The van der Waals surface area contributed by atoms with Crippen molar-refractivity contribution in [2.75, 3.05) is 66.3 Å². The first-order valence-corrected chi connectivity index (χ1v) is 18.5. The van der Waals surface area contributed by atoms with E-state index in [4.69, 9.17) is 18.9 Å². The van der Waals surface area contributed by atoms with Crippen LogP contribution in [0.4, 0.5) is 4.79 Å². The maximum atomic E-state index is 13.4. The number of methoxy groups -OCH3 is 1. The highest BCUT2D eigenvalue weighted by Gasteiger charge is 2.33. The van der Waals surface area contributed by atoms with E-state index in [9.17, 15) is 19.5 Å². The minimum absolute atomic E-state index is 0.0389. The second kappa shape index (κ2) is 22.8. The monoisotopic (exact) mass is 706 g/mol. The number of ether oxygens (including phenoxy) is 4. The van der Waals surface area contributed by atoms with Crippen LogP contribution in [0.2, 0.25) is 0 Å². The number of nitrogens with one attached hydrogen (secondary N) is 3.